The molecule has 0 saturated heterocycles. The molecule has 1 aliphatic rings. The van der Waals surface area contributed by atoms with Crippen LogP contribution >= 0.6 is 0 Å². The number of carbonyl (C=O) groups excluding carboxylic acids is 1. The Kier molecular flexibility index (Phi) is 3.23. The predicted molar refractivity (Wildman–Crippen MR) is 67.5 cm³/mol. The molecule has 6 heteroatoms. The quantitative estimate of drug-likeness (QED) is 0.788. The van der Waals surface area contributed by atoms with Crippen LogP contribution in [0.1, 0.15) is 27.8 Å². The number of fused-ring (bicyclic) bond motifs is 1. The fraction of sp³-hybridized carbons (Fsp3) is 0.286. The maximum Gasteiger partial charge on any atom is 0.358 e. The maximum absolute atomic E-state index is 12.9. The molecule has 20 heavy (non-hydrogen) atoms. The monoisotopic (exact) mass is 276 g/mol. The number of benzene rings is 1. The van der Waals surface area contributed by atoms with Crippen molar-refractivity contribution >= 4 is 5.97 Å². The Morgan fingerprint density at radius 1 is 1.45 bits per heavy atom. The highest BCUT2D eigenvalue weighted by Crippen LogP contribution is 2.27. The second kappa shape index (κ2) is 5.05. The maximum atomic E-state index is 12.9. The predicted octanol–water partition coefficient (Wildman–Crippen LogP) is 2.08. The number of nitrogens with zero attached hydrogens (tertiary/aromatic N) is 2. The number of rotatable bonds is 2. The lowest BCUT2D eigenvalue weighted by Crippen LogP contribution is -2.22. The summed E-state index contributed by atoms with van der Waals surface area (Å²) in [5.74, 6) is -0.747. The first kappa shape index (κ1) is 12.8. The molecule has 0 radical (unpaired) electrons. The molecule has 1 aromatic carbocycles. The van der Waals surface area contributed by atoms with E-state index in [1.54, 1.807) is 18.5 Å². The van der Waals surface area contributed by atoms with Gasteiger partial charge in [0.25, 0.3) is 0 Å². The molecule has 1 aromatic heterocycles. The molecule has 0 N–H and O–H groups in total. The van der Waals surface area contributed by atoms with Crippen LogP contribution in [0, 0.1) is 5.82 Å². The largest absolute Gasteiger partial charge is 0.464 e. The first-order chi connectivity index (χ1) is 9.69. The lowest BCUT2D eigenvalue weighted by Gasteiger charge is -2.25. The minimum atomic E-state index is -0.470. The molecule has 2 heterocycles. The van der Waals surface area contributed by atoms with Crippen LogP contribution in [0.4, 0.5) is 4.39 Å². The number of halogens is 1. The highest BCUT2D eigenvalue weighted by Gasteiger charge is 2.26. The molecule has 1 aliphatic heterocycles. The molecule has 3 rings (SSSR count). The van der Waals surface area contributed by atoms with E-state index in [0.717, 1.165) is 5.56 Å². The van der Waals surface area contributed by atoms with Crippen LogP contribution in [0.25, 0.3) is 0 Å². The summed E-state index contributed by atoms with van der Waals surface area (Å²) in [4.78, 5) is 15.6. The van der Waals surface area contributed by atoms with E-state index in [9.17, 15) is 9.18 Å². The summed E-state index contributed by atoms with van der Waals surface area (Å²) in [6, 6.07) is 6.20. The summed E-state index contributed by atoms with van der Waals surface area (Å²) in [6.07, 6.45) is 1.42. The van der Waals surface area contributed by atoms with Crippen molar-refractivity contribution in [2.45, 2.75) is 19.3 Å². The molecule has 0 spiro atoms. The van der Waals surface area contributed by atoms with Crippen LogP contribution in [0.2, 0.25) is 0 Å². The molecule has 0 fully saturated rings. The smallest absolute Gasteiger partial charge is 0.358 e. The number of ether oxygens (including phenoxy) is 2. The van der Waals surface area contributed by atoms with Crippen molar-refractivity contribution in [3.63, 3.8) is 0 Å². The SMILES string of the molecule is COC(=O)c1ncn2c1COC(c1ccc(F)cc1)C2. The Morgan fingerprint density at radius 2 is 2.20 bits per heavy atom. The van der Waals surface area contributed by atoms with Gasteiger partial charge in [-0.15, -0.1) is 0 Å². The summed E-state index contributed by atoms with van der Waals surface area (Å²) >= 11 is 0. The summed E-state index contributed by atoms with van der Waals surface area (Å²) in [5, 5.41) is 0. The first-order valence-corrected chi connectivity index (χ1v) is 6.18. The number of esters is 1. The zero-order valence-corrected chi connectivity index (χ0v) is 10.9. The lowest BCUT2D eigenvalue weighted by molar-refractivity contribution is 0.00199. The van der Waals surface area contributed by atoms with E-state index in [1.807, 2.05) is 4.57 Å². The molecule has 2 aromatic rings. The number of aromatic nitrogens is 2. The van der Waals surface area contributed by atoms with E-state index in [1.165, 1.54) is 19.2 Å². The number of hydrogen-bond acceptors (Lipinski definition) is 4. The Bertz CT molecular complexity index is 636. The third kappa shape index (κ3) is 2.18. The number of hydrogen-bond donors (Lipinski definition) is 0. The van der Waals surface area contributed by atoms with Crippen molar-refractivity contribution < 1.29 is 18.7 Å². The van der Waals surface area contributed by atoms with Gasteiger partial charge in [-0.2, -0.15) is 0 Å². The van der Waals surface area contributed by atoms with Gasteiger partial charge in [-0.25, -0.2) is 14.2 Å². The van der Waals surface area contributed by atoms with Gasteiger partial charge in [-0.1, -0.05) is 12.1 Å². The van der Waals surface area contributed by atoms with Crippen molar-refractivity contribution in [3.05, 3.63) is 53.4 Å². The summed E-state index contributed by atoms with van der Waals surface area (Å²) in [5.41, 5.74) is 1.88. The zero-order valence-electron chi connectivity index (χ0n) is 10.9. The molecule has 0 bridgehead atoms. The van der Waals surface area contributed by atoms with E-state index in [4.69, 9.17) is 4.74 Å². The van der Waals surface area contributed by atoms with Gasteiger partial charge in [0.15, 0.2) is 5.69 Å². The average Bonchev–Trinajstić information content (AvgIpc) is 2.90. The first-order valence-electron chi connectivity index (χ1n) is 6.18. The third-order valence-electron chi connectivity index (χ3n) is 3.35. The van der Waals surface area contributed by atoms with E-state index in [2.05, 4.69) is 9.72 Å². The summed E-state index contributed by atoms with van der Waals surface area (Å²) in [6.45, 7) is 0.803. The second-order valence-electron chi connectivity index (χ2n) is 4.54. The van der Waals surface area contributed by atoms with Crippen molar-refractivity contribution in [3.8, 4) is 0 Å². The van der Waals surface area contributed by atoms with Crippen LogP contribution in [-0.4, -0.2) is 22.6 Å². The van der Waals surface area contributed by atoms with Gasteiger partial charge < -0.3 is 14.0 Å². The Balaban J connectivity index is 1.84. The van der Waals surface area contributed by atoms with Crippen LogP contribution in [0.15, 0.2) is 30.6 Å². The number of methoxy groups -OCH3 is 1. The number of imidazole rings is 1. The molecule has 1 unspecified atom stereocenters. The second-order valence-corrected chi connectivity index (χ2v) is 4.54. The summed E-state index contributed by atoms with van der Waals surface area (Å²) < 4.78 is 25.2. The highest BCUT2D eigenvalue weighted by molar-refractivity contribution is 5.88. The molecule has 0 saturated carbocycles. The van der Waals surface area contributed by atoms with Crippen LogP contribution in [0.5, 0.6) is 0 Å². The zero-order chi connectivity index (χ0) is 14.1. The van der Waals surface area contributed by atoms with Crippen molar-refractivity contribution in [1.29, 1.82) is 0 Å². The Labute approximate surface area is 115 Å². The van der Waals surface area contributed by atoms with Gasteiger partial charge >= 0.3 is 5.97 Å². The summed E-state index contributed by atoms with van der Waals surface area (Å²) in [7, 11) is 1.32. The van der Waals surface area contributed by atoms with E-state index < -0.39 is 5.97 Å². The highest BCUT2D eigenvalue weighted by atomic mass is 19.1. The molecule has 0 aliphatic carbocycles. The molecular formula is C14H13FN2O3. The van der Waals surface area contributed by atoms with Crippen molar-refractivity contribution in [2.75, 3.05) is 7.11 Å². The Hall–Kier alpha value is -2.21. The fourth-order valence-corrected chi connectivity index (χ4v) is 2.27. The van der Waals surface area contributed by atoms with Gasteiger partial charge in [-0.3, -0.25) is 0 Å². The topological polar surface area (TPSA) is 53.3 Å². The average molecular weight is 276 g/mol. The normalized spacial score (nSPS) is 17.6. The lowest BCUT2D eigenvalue weighted by atomic mass is 10.1. The molecule has 104 valence electrons. The molecule has 0 amide bonds. The number of carbonyl (C=O) groups is 1. The minimum absolute atomic E-state index is 0.178. The minimum Gasteiger partial charge on any atom is -0.464 e. The van der Waals surface area contributed by atoms with E-state index >= 15 is 0 Å². The molecule has 5 nitrogen and oxygen atoms in total. The van der Waals surface area contributed by atoms with Gasteiger partial charge in [-0.05, 0) is 17.7 Å². The molecular weight excluding hydrogens is 263 g/mol. The Morgan fingerprint density at radius 3 is 2.90 bits per heavy atom. The molecule has 1 atom stereocenters. The van der Waals surface area contributed by atoms with Crippen LogP contribution < -0.4 is 0 Å². The van der Waals surface area contributed by atoms with Gasteiger partial charge in [0.2, 0.25) is 0 Å². The van der Waals surface area contributed by atoms with E-state index in [-0.39, 0.29) is 24.2 Å². The van der Waals surface area contributed by atoms with Crippen molar-refractivity contribution in [2.24, 2.45) is 0 Å². The van der Waals surface area contributed by atoms with E-state index in [0.29, 0.717) is 12.2 Å². The third-order valence-corrected chi connectivity index (χ3v) is 3.35. The fourth-order valence-electron chi connectivity index (χ4n) is 2.27. The van der Waals surface area contributed by atoms with Gasteiger partial charge in [0, 0.05) is 0 Å². The van der Waals surface area contributed by atoms with Crippen LogP contribution in [0.3, 0.4) is 0 Å². The van der Waals surface area contributed by atoms with Gasteiger partial charge in [0.1, 0.15) is 11.9 Å². The van der Waals surface area contributed by atoms with Crippen molar-refractivity contribution in [1.82, 2.24) is 9.55 Å². The van der Waals surface area contributed by atoms with Gasteiger partial charge in [0.05, 0.1) is 32.3 Å². The van der Waals surface area contributed by atoms with Crippen LogP contribution in [-0.2, 0) is 22.6 Å². The standard InChI is InChI=1S/C14H13FN2O3/c1-19-14(18)13-11-7-20-12(6-17(11)8-16-13)9-2-4-10(15)5-3-9/h2-5,8,12H,6-7H2,1H3.